The Morgan fingerprint density at radius 1 is 1.04 bits per heavy atom. The number of hydrogen-bond donors (Lipinski definition) is 1. The van der Waals surface area contributed by atoms with E-state index in [0.717, 1.165) is 42.7 Å². The maximum absolute atomic E-state index is 11.1. The minimum absolute atomic E-state index is 0.0956. The summed E-state index contributed by atoms with van der Waals surface area (Å²) in [5.74, 6) is 0.978. The molecule has 23 heavy (non-hydrogen) atoms. The summed E-state index contributed by atoms with van der Waals surface area (Å²) in [5.41, 5.74) is 1.77. The fourth-order valence-corrected chi connectivity index (χ4v) is 2.07. The van der Waals surface area contributed by atoms with Crippen LogP contribution in [-0.2, 0) is 0 Å². The van der Waals surface area contributed by atoms with Crippen LogP contribution in [0.5, 0.6) is 5.75 Å². The Kier molecular flexibility index (Phi) is 13.4. The van der Waals surface area contributed by atoms with Crippen molar-refractivity contribution in [1.82, 2.24) is 0 Å². The molecule has 1 aromatic rings. The van der Waals surface area contributed by atoms with Crippen molar-refractivity contribution in [3.8, 4) is 5.75 Å². The molecule has 0 fully saturated rings. The van der Waals surface area contributed by atoms with Crippen molar-refractivity contribution in [1.29, 1.82) is 0 Å². The van der Waals surface area contributed by atoms with E-state index < -0.39 is 0 Å². The molecule has 0 saturated heterocycles. The molecule has 1 rings (SSSR count). The van der Waals surface area contributed by atoms with Gasteiger partial charge in [0.2, 0.25) is 0 Å². The average molecular weight is 322 g/mol. The average Bonchev–Trinajstić information content (AvgIpc) is 2.54. The minimum Gasteiger partial charge on any atom is -0.493 e. The molecule has 0 aliphatic rings. The highest BCUT2D eigenvalue weighted by Gasteiger charge is 2.03. The monoisotopic (exact) mass is 322 g/mol. The summed E-state index contributed by atoms with van der Waals surface area (Å²) in [6.07, 6.45) is 8.27. The Hall–Kier alpha value is -1.35. The largest absolute Gasteiger partial charge is 0.493 e. The second-order valence-corrected chi connectivity index (χ2v) is 5.88. The van der Waals surface area contributed by atoms with Crippen molar-refractivity contribution < 1.29 is 14.6 Å². The number of ether oxygens (including phenoxy) is 1. The van der Waals surface area contributed by atoms with Gasteiger partial charge in [-0.2, -0.15) is 0 Å². The van der Waals surface area contributed by atoms with Crippen molar-refractivity contribution in [2.24, 2.45) is 0 Å². The summed E-state index contributed by atoms with van der Waals surface area (Å²) < 4.78 is 5.60. The first kappa shape index (κ1) is 21.6. The van der Waals surface area contributed by atoms with Gasteiger partial charge in [0.25, 0.3) is 0 Å². The molecule has 1 N–H and O–H groups in total. The van der Waals surface area contributed by atoms with Crippen molar-refractivity contribution in [3.05, 3.63) is 29.3 Å². The van der Waals surface area contributed by atoms with E-state index in [0.29, 0.717) is 6.61 Å². The SMILES string of the molecule is CCCCCCCO.CCCCOc1ccc(C(C)=O)cc1C. The summed E-state index contributed by atoms with van der Waals surface area (Å²) >= 11 is 0. The maximum atomic E-state index is 11.1. The lowest BCUT2D eigenvalue weighted by Crippen LogP contribution is -2.00. The molecule has 0 radical (unpaired) electrons. The third-order valence-electron chi connectivity index (χ3n) is 3.60. The van der Waals surface area contributed by atoms with Crippen LogP contribution >= 0.6 is 0 Å². The molecule has 132 valence electrons. The molecule has 0 aliphatic carbocycles. The predicted molar refractivity (Wildman–Crippen MR) is 97.4 cm³/mol. The molecule has 0 saturated carbocycles. The molecule has 0 unspecified atom stereocenters. The molecule has 3 nitrogen and oxygen atoms in total. The lowest BCUT2D eigenvalue weighted by Gasteiger charge is -2.09. The molecule has 0 bridgehead atoms. The molecular formula is C20H34O3. The number of carbonyl (C=O) groups excluding carboxylic acids is 1. The van der Waals surface area contributed by atoms with Gasteiger partial charge in [-0.15, -0.1) is 0 Å². The van der Waals surface area contributed by atoms with Gasteiger partial charge >= 0.3 is 0 Å². The minimum atomic E-state index is 0.0956. The molecule has 0 atom stereocenters. The lowest BCUT2D eigenvalue weighted by molar-refractivity contribution is 0.101. The number of aliphatic hydroxyl groups excluding tert-OH is 1. The van der Waals surface area contributed by atoms with E-state index >= 15 is 0 Å². The predicted octanol–water partition coefficient (Wildman–Crippen LogP) is 5.33. The zero-order valence-corrected chi connectivity index (χ0v) is 15.4. The number of rotatable bonds is 10. The maximum Gasteiger partial charge on any atom is 0.159 e. The molecule has 0 amide bonds. The summed E-state index contributed by atoms with van der Waals surface area (Å²) in [6.45, 7) is 8.98. The standard InChI is InChI=1S/C13H18O2.C7H16O/c1-4-5-8-15-13-7-6-12(11(3)14)9-10(13)2;1-2-3-4-5-6-7-8/h6-7,9H,4-5,8H2,1-3H3;8H,2-7H2,1H3. The third kappa shape index (κ3) is 10.9. The quantitative estimate of drug-likeness (QED) is 0.468. The van der Waals surface area contributed by atoms with Crippen LogP contribution in [0.3, 0.4) is 0 Å². The summed E-state index contributed by atoms with van der Waals surface area (Å²) in [6, 6.07) is 5.57. The fourth-order valence-electron chi connectivity index (χ4n) is 2.07. The Morgan fingerprint density at radius 3 is 2.22 bits per heavy atom. The smallest absolute Gasteiger partial charge is 0.159 e. The van der Waals surface area contributed by atoms with Crippen LogP contribution in [0.4, 0.5) is 0 Å². The number of benzene rings is 1. The van der Waals surface area contributed by atoms with Crippen LogP contribution in [0.2, 0.25) is 0 Å². The van der Waals surface area contributed by atoms with Gasteiger partial charge in [0.05, 0.1) is 6.61 Å². The van der Waals surface area contributed by atoms with Crippen LogP contribution in [0, 0.1) is 6.92 Å². The second kappa shape index (κ2) is 14.3. The van der Waals surface area contributed by atoms with Crippen molar-refractivity contribution in [3.63, 3.8) is 0 Å². The van der Waals surface area contributed by atoms with Gasteiger partial charge in [0.15, 0.2) is 5.78 Å². The Balaban J connectivity index is 0.000000515. The molecular weight excluding hydrogens is 288 g/mol. The Labute approximate surface area is 142 Å². The van der Waals surface area contributed by atoms with Crippen LogP contribution < -0.4 is 4.74 Å². The number of Topliss-reactive ketones (excluding diaryl/α,β-unsaturated/α-hetero) is 1. The molecule has 3 heteroatoms. The molecule has 0 heterocycles. The highest BCUT2D eigenvalue weighted by molar-refractivity contribution is 5.94. The van der Waals surface area contributed by atoms with E-state index in [1.165, 1.54) is 25.7 Å². The molecule has 0 aliphatic heterocycles. The van der Waals surface area contributed by atoms with Crippen LogP contribution in [0.1, 0.15) is 81.6 Å². The molecule has 0 spiro atoms. The number of aliphatic hydroxyl groups is 1. The molecule has 0 aromatic heterocycles. The normalized spacial score (nSPS) is 9.96. The Morgan fingerprint density at radius 2 is 1.70 bits per heavy atom. The van der Waals surface area contributed by atoms with E-state index in [1.54, 1.807) is 6.92 Å². The summed E-state index contributed by atoms with van der Waals surface area (Å²) in [7, 11) is 0. The van der Waals surface area contributed by atoms with E-state index in [4.69, 9.17) is 9.84 Å². The zero-order valence-electron chi connectivity index (χ0n) is 15.4. The first-order valence-electron chi connectivity index (χ1n) is 8.92. The van der Waals surface area contributed by atoms with Gasteiger partial charge < -0.3 is 9.84 Å². The number of aryl methyl sites for hydroxylation is 1. The van der Waals surface area contributed by atoms with Crippen molar-refractivity contribution in [2.75, 3.05) is 13.2 Å². The number of unbranched alkanes of at least 4 members (excludes halogenated alkanes) is 5. The van der Waals surface area contributed by atoms with Gasteiger partial charge in [0, 0.05) is 12.2 Å². The first-order valence-corrected chi connectivity index (χ1v) is 8.92. The van der Waals surface area contributed by atoms with Crippen LogP contribution in [0.25, 0.3) is 0 Å². The van der Waals surface area contributed by atoms with E-state index in [9.17, 15) is 4.79 Å². The second-order valence-electron chi connectivity index (χ2n) is 5.88. The van der Waals surface area contributed by atoms with Crippen molar-refractivity contribution in [2.45, 2.75) is 72.6 Å². The fraction of sp³-hybridized carbons (Fsp3) is 0.650. The first-order chi connectivity index (χ1) is 11.1. The topological polar surface area (TPSA) is 46.5 Å². The highest BCUT2D eigenvalue weighted by Crippen LogP contribution is 2.19. The molecule has 1 aromatic carbocycles. The van der Waals surface area contributed by atoms with Crippen molar-refractivity contribution >= 4 is 5.78 Å². The van der Waals surface area contributed by atoms with Crippen LogP contribution in [-0.4, -0.2) is 24.1 Å². The number of ketones is 1. The summed E-state index contributed by atoms with van der Waals surface area (Å²) in [4.78, 5) is 11.1. The number of carbonyl (C=O) groups is 1. The lowest BCUT2D eigenvalue weighted by atomic mass is 10.1. The third-order valence-corrected chi connectivity index (χ3v) is 3.60. The van der Waals surface area contributed by atoms with E-state index in [-0.39, 0.29) is 5.78 Å². The van der Waals surface area contributed by atoms with Gasteiger partial charge in [-0.25, -0.2) is 0 Å². The van der Waals surface area contributed by atoms with Gasteiger partial charge in [-0.1, -0.05) is 46.0 Å². The summed E-state index contributed by atoms with van der Waals surface area (Å²) in [5, 5.41) is 8.37. The van der Waals surface area contributed by atoms with Gasteiger partial charge in [0.1, 0.15) is 5.75 Å². The zero-order chi connectivity index (χ0) is 17.5. The highest BCUT2D eigenvalue weighted by atomic mass is 16.5. The Bertz CT molecular complexity index is 421. The van der Waals surface area contributed by atoms with E-state index in [1.807, 2.05) is 25.1 Å². The van der Waals surface area contributed by atoms with Gasteiger partial charge in [-0.05, 0) is 50.5 Å². The van der Waals surface area contributed by atoms with Crippen LogP contribution in [0.15, 0.2) is 18.2 Å². The van der Waals surface area contributed by atoms with Gasteiger partial charge in [-0.3, -0.25) is 4.79 Å². The van der Waals surface area contributed by atoms with E-state index in [2.05, 4.69) is 13.8 Å². The number of hydrogen-bond acceptors (Lipinski definition) is 3.